The van der Waals surface area contributed by atoms with Gasteiger partial charge in [-0.1, -0.05) is 17.7 Å². The smallest absolute Gasteiger partial charge is 0.307 e. The Hall–Kier alpha value is -1.35. The van der Waals surface area contributed by atoms with Gasteiger partial charge < -0.3 is 10.5 Å². The van der Waals surface area contributed by atoms with Crippen molar-refractivity contribution in [3.8, 4) is 0 Å². The van der Waals surface area contributed by atoms with E-state index in [1.165, 1.54) is 29.4 Å². The molecule has 94 valence electrons. The van der Waals surface area contributed by atoms with E-state index >= 15 is 0 Å². The van der Waals surface area contributed by atoms with Gasteiger partial charge in [0.2, 0.25) is 0 Å². The highest BCUT2D eigenvalue weighted by Crippen LogP contribution is 2.18. The van der Waals surface area contributed by atoms with Crippen LogP contribution in [0.15, 0.2) is 12.1 Å². The second-order valence-electron chi connectivity index (χ2n) is 4.62. The average Bonchev–Trinajstić information content (AvgIpc) is 2.23. The van der Waals surface area contributed by atoms with E-state index in [1.54, 1.807) is 0 Å². The van der Waals surface area contributed by atoms with Gasteiger partial charge in [0, 0.05) is 6.04 Å². The van der Waals surface area contributed by atoms with Crippen molar-refractivity contribution in [2.75, 3.05) is 7.11 Å². The number of esters is 1. The first kappa shape index (κ1) is 13.7. The molecule has 3 nitrogen and oxygen atoms in total. The lowest BCUT2D eigenvalue weighted by Crippen LogP contribution is -2.27. The van der Waals surface area contributed by atoms with Crippen LogP contribution >= 0.6 is 0 Å². The number of ether oxygens (including phenoxy) is 1. The topological polar surface area (TPSA) is 52.3 Å². The molecule has 3 heteroatoms. The predicted molar refractivity (Wildman–Crippen MR) is 69.0 cm³/mol. The predicted octanol–water partition coefficient (Wildman–Crippen LogP) is 2.04. The van der Waals surface area contributed by atoms with Gasteiger partial charge in [-0.05, 0) is 43.9 Å². The number of aryl methyl sites for hydroxylation is 3. The summed E-state index contributed by atoms with van der Waals surface area (Å²) in [5, 5.41) is 0. The Morgan fingerprint density at radius 3 is 2.29 bits per heavy atom. The molecular formula is C14H21NO2. The summed E-state index contributed by atoms with van der Waals surface area (Å²) >= 11 is 0. The maximum atomic E-state index is 11.1. The summed E-state index contributed by atoms with van der Waals surface area (Å²) in [7, 11) is 1.39. The van der Waals surface area contributed by atoms with E-state index in [0.29, 0.717) is 6.42 Å². The molecule has 2 N–H and O–H groups in total. The molecule has 0 aliphatic heterocycles. The van der Waals surface area contributed by atoms with Crippen molar-refractivity contribution in [3.63, 3.8) is 0 Å². The normalized spacial score (nSPS) is 12.3. The molecule has 17 heavy (non-hydrogen) atoms. The maximum Gasteiger partial charge on any atom is 0.307 e. The number of benzene rings is 1. The molecule has 0 aromatic heterocycles. The Morgan fingerprint density at radius 1 is 1.29 bits per heavy atom. The highest BCUT2D eigenvalue weighted by molar-refractivity contribution is 5.69. The lowest BCUT2D eigenvalue weighted by molar-refractivity contribution is -0.140. The van der Waals surface area contributed by atoms with Crippen molar-refractivity contribution in [1.29, 1.82) is 0 Å². The van der Waals surface area contributed by atoms with Gasteiger partial charge in [-0.25, -0.2) is 0 Å². The SMILES string of the molecule is COC(=O)CC(N)Cc1c(C)cc(C)cc1C. The number of rotatable bonds is 4. The molecule has 0 aliphatic rings. The van der Waals surface area contributed by atoms with Crippen LogP contribution < -0.4 is 5.73 Å². The summed E-state index contributed by atoms with van der Waals surface area (Å²) in [6.07, 6.45) is 0.982. The van der Waals surface area contributed by atoms with E-state index in [-0.39, 0.29) is 18.4 Å². The van der Waals surface area contributed by atoms with Crippen LogP contribution in [0.3, 0.4) is 0 Å². The minimum Gasteiger partial charge on any atom is -0.469 e. The van der Waals surface area contributed by atoms with Crippen LogP contribution in [0.5, 0.6) is 0 Å². The molecule has 1 aromatic rings. The molecular weight excluding hydrogens is 214 g/mol. The van der Waals surface area contributed by atoms with Gasteiger partial charge in [0.1, 0.15) is 0 Å². The van der Waals surface area contributed by atoms with Crippen molar-refractivity contribution in [2.24, 2.45) is 5.73 Å². The summed E-state index contributed by atoms with van der Waals surface area (Å²) in [6.45, 7) is 6.25. The van der Waals surface area contributed by atoms with Crippen LogP contribution in [0.2, 0.25) is 0 Å². The van der Waals surface area contributed by atoms with Gasteiger partial charge in [-0.3, -0.25) is 4.79 Å². The van der Waals surface area contributed by atoms with Gasteiger partial charge in [-0.15, -0.1) is 0 Å². The highest BCUT2D eigenvalue weighted by atomic mass is 16.5. The van der Waals surface area contributed by atoms with Crippen molar-refractivity contribution in [2.45, 2.75) is 39.7 Å². The number of hydrogen-bond donors (Lipinski definition) is 1. The fourth-order valence-electron chi connectivity index (χ4n) is 2.16. The molecule has 0 radical (unpaired) electrons. The second-order valence-corrected chi connectivity index (χ2v) is 4.62. The van der Waals surface area contributed by atoms with E-state index in [9.17, 15) is 4.79 Å². The average molecular weight is 235 g/mol. The minimum atomic E-state index is -0.250. The van der Waals surface area contributed by atoms with Gasteiger partial charge in [0.05, 0.1) is 13.5 Å². The summed E-state index contributed by atoms with van der Waals surface area (Å²) in [6, 6.07) is 4.11. The number of nitrogens with two attached hydrogens (primary N) is 1. The van der Waals surface area contributed by atoms with Gasteiger partial charge in [0.15, 0.2) is 0 Å². The Balaban J connectivity index is 2.78. The number of carbonyl (C=O) groups excluding carboxylic acids is 1. The van der Waals surface area contributed by atoms with Crippen LogP contribution in [-0.4, -0.2) is 19.1 Å². The van der Waals surface area contributed by atoms with Crippen LogP contribution in [0, 0.1) is 20.8 Å². The Bertz CT molecular complexity index is 390. The molecule has 1 unspecified atom stereocenters. The fourth-order valence-corrected chi connectivity index (χ4v) is 2.16. The van der Waals surface area contributed by atoms with E-state index < -0.39 is 0 Å². The van der Waals surface area contributed by atoms with Crippen molar-refractivity contribution >= 4 is 5.97 Å². The molecule has 0 saturated heterocycles. The molecule has 0 aliphatic carbocycles. The van der Waals surface area contributed by atoms with E-state index in [4.69, 9.17) is 5.73 Å². The lowest BCUT2D eigenvalue weighted by Gasteiger charge is -2.15. The third-order valence-electron chi connectivity index (χ3n) is 2.96. The van der Waals surface area contributed by atoms with Crippen molar-refractivity contribution < 1.29 is 9.53 Å². The maximum absolute atomic E-state index is 11.1. The highest BCUT2D eigenvalue weighted by Gasteiger charge is 2.13. The van der Waals surface area contributed by atoms with E-state index in [1.807, 2.05) is 0 Å². The molecule has 0 bridgehead atoms. The first-order chi connectivity index (χ1) is 7.93. The first-order valence-corrected chi connectivity index (χ1v) is 5.83. The van der Waals surface area contributed by atoms with E-state index in [0.717, 1.165) is 0 Å². The molecule has 0 amide bonds. The molecule has 1 aromatic carbocycles. The standard InChI is InChI=1S/C14H21NO2/c1-9-5-10(2)13(11(3)6-9)7-12(15)8-14(16)17-4/h5-6,12H,7-8,15H2,1-4H3. The van der Waals surface area contributed by atoms with Gasteiger partial charge in [-0.2, -0.15) is 0 Å². The Kier molecular flexibility index (Phi) is 4.70. The third kappa shape index (κ3) is 3.86. The summed E-state index contributed by atoms with van der Waals surface area (Å²) in [5.74, 6) is -0.250. The Morgan fingerprint density at radius 2 is 1.82 bits per heavy atom. The quantitative estimate of drug-likeness (QED) is 0.813. The zero-order chi connectivity index (χ0) is 13.0. The summed E-state index contributed by atoms with van der Waals surface area (Å²) in [4.78, 5) is 11.1. The van der Waals surface area contributed by atoms with Crippen molar-refractivity contribution in [1.82, 2.24) is 0 Å². The molecule has 1 atom stereocenters. The first-order valence-electron chi connectivity index (χ1n) is 5.83. The summed E-state index contributed by atoms with van der Waals surface area (Å²) in [5.41, 5.74) is 10.9. The lowest BCUT2D eigenvalue weighted by atomic mass is 9.94. The number of hydrogen-bond acceptors (Lipinski definition) is 3. The zero-order valence-corrected chi connectivity index (χ0v) is 11.0. The molecule has 0 spiro atoms. The molecule has 0 heterocycles. The van der Waals surface area contributed by atoms with Gasteiger partial charge >= 0.3 is 5.97 Å². The molecule has 0 fully saturated rings. The summed E-state index contributed by atoms with van der Waals surface area (Å²) < 4.78 is 4.62. The molecule has 1 rings (SSSR count). The fraction of sp³-hybridized carbons (Fsp3) is 0.500. The largest absolute Gasteiger partial charge is 0.469 e. The van der Waals surface area contributed by atoms with Crippen LogP contribution in [-0.2, 0) is 16.0 Å². The van der Waals surface area contributed by atoms with Crippen LogP contribution in [0.25, 0.3) is 0 Å². The van der Waals surface area contributed by atoms with Gasteiger partial charge in [0.25, 0.3) is 0 Å². The Labute approximate surface area is 103 Å². The minimum absolute atomic E-state index is 0.178. The molecule has 0 saturated carbocycles. The van der Waals surface area contributed by atoms with Crippen LogP contribution in [0.1, 0.15) is 28.7 Å². The second kappa shape index (κ2) is 5.82. The number of carbonyl (C=O) groups is 1. The zero-order valence-electron chi connectivity index (χ0n) is 11.0. The van der Waals surface area contributed by atoms with E-state index in [2.05, 4.69) is 37.6 Å². The third-order valence-corrected chi connectivity index (χ3v) is 2.96. The van der Waals surface area contributed by atoms with Crippen LogP contribution in [0.4, 0.5) is 0 Å². The van der Waals surface area contributed by atoms with Crippen molar-refractivity contribution in [3.05, 3.63) is 34.4 Å². The number of methoxy groups -OCH3 is 1. The monoisotopic (exact) mass is 235 g/mol.